The van der Waals surface area contributed by atoms with Gasteiger partial charge in [0.25, 0.3) is 5.91 Å². The average molecular weight is 447 g/mol. The van der Waals surface area contributed by atoms with Gasteiger partial charge in [-0.25, -0.2) is 0 Å². The van der Waals surface area contributed by atoms with Crippen LogP contribution in [0.15, 0.2) is 48.8 Å². The van der Waals surface area contributed by atoms with Gasteiger partial charge >= 0.3 is 0 Å². The lowest BCUT2D eigenvalue weighted by molar-refractivity contribution is 0.0939. The summed E-state index contributed by atoms with van der Waals surface area (Å²) in [7, 11) is 5.73. The number of rotatable bonds is 6. The Balaban J connectivity index is 1.54. The van der Waals surface area contributed by atoms with Crippen LogP contribution < -0.4 is 10.1 Å². The number of nitrogens with one attached hydrogen (secondary N) is 1. The standard InChI is InChI=1S/C27H34N4O2/c1-18-6-7-22(20-10-12-30(3)13-11-20)15-24(18)27(32)29-19(2)21-8-9-26(33-5)25(14-21)23-16-28-31(4)17-23/h6-9,14-17,19-20H,10-13H2,1-5H3,(H,29,32)/t19-/m1/s1. The van der Waals surface area contributed by atoms with Gasteiger partial charge in [0.2, 0.25) is 0 Å². The number of nitrogens with zero attached hydrogens (tertiary/aromatic N) is 3. The van der Waals surface area contributed by atoms with Crippen molar-refractivity contribution in [3.63, 3.8) is 0 Å². The minimum absolute atomic E-state index is 0.0338. The van der Waals surface area contributed by atoms with Gasteiger partial charge in [0.05, 0.1) is 19.3 Å². The summed E-state index contributed by atoms with van der Waals surface area (Å²) in [4.78, 5) is 15.6. The Bertz CT molecular complexity index is 1130. The molecule has 6 nitrogen and oxygen atoms in total. The van der Waals surface area contributed by atoms with E-state index in [0.29, 0.717) is 5.92 Å². The third-order valence-corrected chi connectivity index (χ3v) is 6.78. The predicted molar refractivity (Wildman–Crippen MR) is 132 cm³/mol. The van der Waals surface area contributed by atoms with E-state index in [2.05, 4.69) is 46.6 Å². The van der Waals surface area contributed by atoms with Gasteiger partial charge < -0.3 is 15.0 Å². The number of hydrogen-bond donors (Lipinski definition) is 1. The monoisotopic (exact) mass is 446 g/mol. The molecule has 1 amide bonds. The molecule has 1 fully saturated rings. The van der Waals surface area contributed by atoms with Crippen LogP contribution in [0.2, 0.25) is 0 Å². The molecule has 6 heteroatoms. The van der Waals surface area contributed by atoms with Crippen LogP contribution >= 0.6 is 0 Å². The number of aromatic nitrogens is 2. The molecule has 1 aliphatic heterocycles. The molecule has 2 heterocycles. The van der Waals surface area contributed by atoms with Gasteiger partial charge in [0.15, 0.2) is 0 Å². The first-order valence-corrected chi connectivity index (χ1v) is 11.6. The number of methoxy groups -OCH3 is 1. The van der Waals surface area contributed by atoms with Crippen molar-refractivity contribution in [2.75, 3.05) is 27.2 Å². The summed E-state index contributed by atoms with van der Waals surface area (Å²) in [5, 5.41) is 7.48. The molecule has 3 aromatic rings. The van der Waals surface area contributed by atoms with Gasteiger partial charge in [-0.05, 0) is 87.6 Å². The summed E-state index contributed by atoms with van der Waals surface area (Å²) >= 11 is 0. The van der Waals surface area contributed by atoms with E-state index in [1.54, 1.807) is 11.8 Å². The Morgan fingerprint density at radius 1 is 1.15 bits per heavy atom. The normalized spacial score (nSPS) is 15.9. The maximum Gasteiger partial charge on any atom is 0.252 e. The zero-order chi connectivity index (χ0) is 23.5. The number of amides is 1. The third kappa shape index (κ3) is 5.11. The number of carbonyl (C=O) groups excluding carboxylic acids is 1. The van der Waals surface area contributed by atoms with E-state index in [-0.39, 0.29) is 11.9 Å². The van der Waals surface area contributed by atoms with Crippen LogP contribution in [0.4, 0.5) is 0 Å². The molecule has 1 aromatic heterocycles. The van der Waals surface area contributed by atoms with Crippen LogP contribution in [0.5, 0.6) is 5.75 Å². The molecule has 1 atom stereocenters. The fraction of sp³-hybridized carbons (Fsp3) is 0.407. The predicted octanol–water partition coefficient (Wildman–Crippen LogP) is 4.70. The minimum atomic E-state index is -0.148. The zero-order valence-corrected chi connectivity index (χ0v) is 20.3. The molecule has 0 radical (unpaired) electrons. The Kier molecular flexibility index (Phi) is 6.84. The van der Waals surface area contributed by atoms with Crippen molar-refractivity contribution in [2.45, 2.75) is 38.6 Å². The largest absolute Gasteiger partial charge is 0.496 e. The number of likely N-dealkylation sites (tertiary alicyclic amines) is 1. The number of benzene rings is 2. The molecule has 0 bridgehead atoms. The van der Waals surface area contributed by atoms with Crippen molar-refractivity contribution in [3.05, 3.63) is 71.0 Å². The Labute approximate surface area is 196 Å². The molecule has 174 valence electrons. The lowest BCUT2D eigenvalue weighted by atomic mass is 9.87. The summed E-state index contributed by atoms with van der Waals surface area (Å²) in [5.74, 6) is 1.27. The Hall–Kier alpha value is -3.12. The van der Waals surface area contributed by atoms with Crippen LogP contribution in [0.25, 0.3) is 11.1 Å². The van der Waals surface area contributed by atoms with Crippen LogP contribution in [0.1, 0.15) is 58.8 Å². The minimum Gasteiger partial charge on any atom is -0.496 e. The molecule has 2 aromatic carbocycles. The fourth-order valence-corrected chi connectivity index (χ4v) is 4.62. The Morgan fingerprint density at radius 3 is 2.58 bits per heavy atom. The Morgan fingerprint density at radius 2 is 1.91 bits per heavy atom. The number of hydrogen-bond acceptors (Lipinski definition) is 4. The van der Waals surface area contributed by atoms with Crippen LogP contribution in [-0.2, 0) is 7.05 Å². The van der Waals surface area contributed by atoms with Gasteiger partial charge in [-0.2, -0.15) is 5.10 Å². The van der Waals surface area contributed by atoms with Gasteiger partial charge in [-0.3, -0.25) is 9.48 Å². The molecular formula is C27H34N4O2. The second-order valence-electron chi connectivity index (χ2n) is 9.21. The van der Waals surface area contributed by atoms with E-state index in [1.807, 2.05) is 45.4 Å². The highest BCUT2D eigenvalue weighted by Gasteiger charge is 2.21. The van der Waals surface area contributed by atoms with Gasteiger partial charge in [-0.1, -0.05) is 18.2 Å². The molecule has 1 saturated heterocycles. The highest BCUT2D eigenvalue weighted by atomic mass is 16.5. The maximum atomic E-state index is 13.3. The first-order chi connectivity index (χ1) is 15.9. The second-order valence-corrected chi connectivity index (χ2v) is 9.21. The fourth-order valence-electron chi connectivity index (χ4n) is 4.62. The van der Waals surface area contributed by atoms with E-state index in [1.165, 1.54) is 5.56 Å². The summed E-state index contributed by atoms with van der Waals surface area (Å²) in [6.45, 7) is 6.23. The molecule has 0 saturated carbocycles. The summed E-state index contributed by atoms with van der Waals surface area (Å²) < 4.78 is 7.33. The van der Waals surface area contributed by atoms with Crippen molar-refractivity contribution in [1.82, 2.24) is 20.0 Å². The molecule has 33 heavy (non-hydrogen) atoms. The highest BCUT2D eigenvalue weighted by Crippen LogP contribution is 2.33. The van der Waals surface area contributed by atoms with Crippen LogP contribution in [0.3, 0.4) is 0 Å². The number of carbonyl (C=O) groups is 1. The molecular weight excluding hydrogens is 412 g/mol. The van der Waals surface area contributed by atoms with E-state index in [9.17, 15) is 4.79 Å². The molecule has 1 N–H and O–H groups in total. The van der Waals surface area contributed by atoms with Gasteiger partial charge in [0.1, 0.15) is 5.75 Å². The van der Waals surface area contributed by atoms with Crippen molar-refractivity contribution >= 4 is 5.91 Å². The average Bonchev–Trinajstić information content (AvgIpc) is 3.25. The molecule has 0 unspecified atom stereocenters. The lowest BCUT2D eigenvalue weighted by Crippen LogP contribution is -2.30. The summed E-state index contributed by atoms with van der Waals surface area (Å²) in [5.41, 5.74) is 6.00. The molecule has 4 rings (SSSR count). The van der Waals surface area contributed by atoms with E-state index in [0.717, 1.165) is 59.5 Å². The van der Waals surface area contributed by atoms with E-state index in [4.69, 9.17) is 4.74 Å². The first-order valence-electron chi connectivity index (χ1n) is 11.6. The lowest BCUT2D eigenvalue weighted by Gasteiger charge is -2.29. The number of aryl methyl sites for hydroxylation is 2. The van der Waals surface area contributed by atoms with E-state index < -0.39 is 0 Å². The van der Waals surface area contributed by atoms with Gasteiger partial charge in [0, 0.05) is 29.9 Å². The molecule has 0 aliphatic carbocycles. The zero-order valence-electron chi connectivity index (χ0n) is 20.3. The van der Waals surface area contributed by atoms with Crippen molar-refractivity contribution in [2.24, 2.45) is 7.05 Å². The van der Waals surface area contributed by atoms with E-state index >= 15 is 0 Å². The van der Waals surface area contributed by atoms with Crippen molar-refractivity contribution in [3.8, 4) is 16.9 Å². The number of ether oxygens (including phenoxy) is 1. The topological polar surface area (TPSA) is 59.4 Å². The molecule has 1 aliphatic rings. The smallest absolute Gasteiger partial charge is 0.252 e. The SMILES string of the molecule is COc1ccc([C@@H](C)NC(=O)c2cc(C3CCN(C)CC3)ccc2C)cc1-c1cnn(C)c1. The number of piperidine rings is 1. The van der Waals surface area contributed by atoms with Crippen molar-refractivity contribution in [1.29, 1.82) is 0 Å². The van der Waals surface area contributed by atoms with Crippen LogP contribution in [-0.4, -0.2) is 47.8 Å². The summed E-state index contributed by atoms with van der Waals surface area (Å²) in [6, 6.07) is 12.3. The second kappa shape index (κ2) is 9.79. The third-order valence-electron chi connectivity index (χ3n) is 6.78. The molecule has 0 spiro atoms. The maximum absolute atomic E-state index is 13.3. The van der Waals surface area contributed by atoms with Gasteiger partial charge in [-0.15, -0.1) is 0 Å². The summed E-state index contributed by atoms with van der Waals surface area (Å²) in [6.07, 6.45) is 6.06. The first kappa shape index (κ1) is 23.1. The quantitative estimate of drug-likeness (QED) is 0.596. The van der Waals surface area contributed by atoms with Crippen molar-refractivity contribution < 1.29 is 9.53 Å². The highest BCUT2D eigenvalue weighted by molar-refractivity contribution is 5.96. The van der Waals surface area contributed by atoms with Crippen LogP contribution in [0, 0.1) is 6.92 Å².